The molecule has 2 rings (SSSR count). The molecule has 1 aromatic carbocycles. The summed E-state index contributed by atoms with van der Waals surface area (Å²) >= 11 is 1.54. The van der Waals surface area contributed by atoms with Gasteiger partial charge < -0.3 is 5.11 Å². The Labute approximate surface area is 98.6 Å². The molecule has 3 heteroatoms. The highest BCUT2D eigenvalue weighted by molar-refractivity contribution is 7.13. The number of benzene rings is 1. The highest BCUT2D eigenvalue weighted by Gasteiger charge is 2.05. The molecule has 80 valence electrons. The zero-order chi connectivity index (χ0) is 11.4. The second kappa shape index (κ2) is 4.93. The van der Waals surface area contributed by atoms with Crippen LogP contribution in [-0.2, 0) is 6.42 Å². The molecule has 0 bridgehead atoms. The van der Waals surface area contributed by atoms with E-state index in [0.29, 0.717) is 12.1 Å². The van der Waals surface area contributed by atoms with Crippen LogP contribution >= 0.6 is 11.3 Å². The molecule has 0 aliphatic carbocycles. The number of aromatic nitrogens is 1. The van der Waals surface area contributed by atoms with Gasteiger partial charge in [0.05, 0.1) is 10.4 Å². The Balaban J connectivity index is 2.32. The van der Waals surface area contributed by atoms with Crippen LogP contribution < -0.4 is 0 Å². The van der Waals surface area contributed by atoms with Gasteiger partial charge in [-0.05, 0) is 23.5 Å². The van der Waals surface area contributed by atoms with E-state index in [1.54, 1.807) is 16.8 Å². The summed E-state index contributed by atoms with van der Waals surface area (Å²) in [5.41, 5.74) is 4.65. The largest absolute Gasteiger partial charge is 0.396 e. The van der Waals surface area contributed by atoms with Gasteiger partial charge in [0.15, 0.2) is 0 Å². The summed E-state index contributed by atoms with van der Waals surface area (Å²) in [6.07, 6.45) is 6.06. The lowest BCUT2D eigenvalue weighted by molar-refractivity contribution is 0.299. The Bertz CT molecular complexity index is 507. The number of rotatable bonds is 3. The van der Waals surface area contributed by atoms with Crippen LogP contribution in [0.4, 0.5) is 0 Å². The fourth-order valence-electron chi connectivity index (χ4n) is 1.51. The smallest absolute Gasteiger partial charge is 0.131 e. The van der Waals surface area contributed by atoms with E-state index in [9.17, 15) is 0 Å². The predicted molar refractivity (Wildman–Crippen MR) is 66.3 cm³/mol. The number of hydrogen-bond acceptors (Lipinski definition) is 3. The van der Waals surface area contributed by atoms with Crippen molar-refractivity contribution >= 4 is 11.3 Å². The Morgan fingerprint density at radius 1 is 1.31 bits per heavy atom. The molecule has 0 unspecified atom stereocenters. The maximum Gasteiger partial charge on any atom is 0.131 e. The molecule has 2 nitrogen and oxygen atoms in total. The highest BCUT2D eigenvalue weighted by Crippen LogP contribution is 2.27. The van der Waals surface area contributed by atoms with Crippen LogP contribution in [0.1, 0.15) is 11.3 Å². The van der Waals surface area contributed by atoms with E-state index in [1.807, 2.05) is 24.3 Å². The van der Waals surface area contributed by atoms with Gasteiger partial charge in [-0.1, -0.05) is 24.3 Å². The Morgan fingerprint density at radius 3 is 2.69 bits per heavy atom. The van der Waals surface area contributed by atoms with Gasteiger partial charge in [-0.15, -0.1) is 17.8 Å². The summed E-state index contributed by atoms with van der Waals surface area (Å²) in [7, 11) is 0. The third-order valence-corrected chi connectivity index (χ3v) is 3.20. The standard InChI is InChI=1S/C13H11NOS/c1-2-12-13(16-9-14-12)11-5-3-10(4-6-11)7-8-15/h1,3-6,9,15H,7-8H2. The van der Waals surface area contributed by atoms with Crippen LogP contribution in [0.15, 0.2) is 29.8 Å². The van der Waals surface area contributed by atoms with Crippen LogP contribution in [-0.4, -0.2) is 16.7 Å². The van der Waals surface area contributed by atoms with E-state index in [0.717, 1.165) is 16.0 Å². The first-order chi connectivity index (χ1) is 7.85. The fourth-order valence-corrected chi connectivity index (χ4v) is 2.26. The van der Waals surface area contributed by atoms with Crippen LogP contribution in [0.3, 0.4) is 0 Å². The van der Waals surface area contributed by atoms with Crippen LogP contribution in [0, 0.1) is 12.3 Å². The topological polar surface area (TPSA) is 33.1 Å². The second-order valence-electron chi connectivity index (χ2n) is 3.34. The molecule has 0 saturated heterocycles. The summed E-state index contributed by atoms with van der Waals surface area (Å²) in [4.78, 5) is 5.14. The van der Waals surface area contributed by atoms with Crippen molar-refractivity contribution in [3.05, 3.63) is 41.0 Å². The quantitative estimate of drug-likeness (QED) is 0.819. The lowest BCUT2D eigenvalue weighted by Crippen LogP contribution is -1.89. The Kier molecular flexibility index (Phi) is 3.35. The average Bonchev–Trinajstić information content (AvgIpc) is 2.78. The van der Waals surface area contributed by atoms with E-state index < -0.39 is 0 Å². The minimum atomic E-state index is 0.176. The van der Waals surface area contributed by atoms with Crippen molar-refractivity contribution in [2.75, 3.05) is 6.61 Å². The SMILES string of the molecule is C#Cc1ncsc1-c1ccc(CCO)cc1. The maximum atomic E-state index is 8.82. The molecule has 1 aromatic heterocycles. The third kappa shape index (κ3) is 2.13. The van der Waals surface area contributed by atoms with Gasteiger partial charge in [-0.2, -0.15) is 0 Å². The first-order valence-corrected chi connectivity index (χ1v) is 5.83. The van der Waals surface area contributed by atoms with Gasteiger partial charge >= 0.3 is 0 Å². The fraction of sp³-hybridized carbons (Fsp3) is 0.154. The van der Waals surface area contributed by atoms with Crippen molar-refractivity contribution in [3.8, 4) is 22.8 Å². The van der Waals surface area contributed by atoms with Gasteiger partial charge in [-0.25, -0.2) is 4.98 Å². The number of hydrogen-bond donors (Lipinski definition) is 1. The molecular weight excluding hydrogens is 218 g/mol. The zero-order valence-electron chi connectivity index (χ0n) is 8.68. The van der Waals surface area contributed by atoms with Gasteiger partial charge in [-0.3, -0.25) is 0 Å². The van der Waals surface area contributed by atoms with Crippen molar-refractivity contribution < 1.29 is 5.11 Å². The van der Waals surface area contributed by atoms with E-state index in [2.05, 4.69) is 10.9 Å². The van der Waals surface area contributed by atoms with Crippen molar-refractivity contribution in [2.45, 2.75) is 6.42 Å². The summed E-state index contributed by atoms with van der Waals surface area (Å²) in [5, 5.41) is 8.82. The molecule has 0 radical (unpaired) electrons. The number of aliphatic hydroxyl groups excluding tert-OH is 1. The predicted octanol–water partition coefficient (Wildman–Crippen LogP) is 2.33. The van der Waals surface area contributed by atoms with Crippen molar-refractivity contribution in [2.24, 2.45) is 0 Å². The van der Waals surface area contributed by atoms with Crippen molar-refractivity contribution in [3.63, 3.8) is 0 Å². The second-order valence-corrected chi connectivity index (χ2v) is 4.20. The van der Waals surface area contributed by atoms with Crippen LogP contribution in [0.2, 0.25) is 0 Å². The molecule has 1 heterocycles. The molecule has 16 heavy (non-hydrogen) atoms. The van der Waals surface area contributed by atoms with E-state index in [1.165, 1.54) is 0 Å². The molecule has 0 fully saturated rings. The Hall–Kier alpha value is -1.63. The lowest BCUT2D eigenvalue weighted by atomic mass is 10.1. The molecular formula is C13H11NOS. The summed E-state index contributed by atoms with van der Waals surface area (Å²) < 4.78 is 0. The molecule has 0 amide bonds. The average molecular weight is 229 g/mol. The number of aliphatic hydroxyl groups is 1. The van der Waals surface area contributed by atoms with Gasteiger partial charge in [0.1, 0.15) is 5.69 Å². The number of terminal acetylenes is 1. The van der Waals surface area contributed by atoms with E-state index >= 15 is 0 Å². The Morgan fingerprint density at radius 2 is 2.06 bits per heavy atom. The first-order valence-electron chi connectivity index (χ1n) is 4.95. The summed E-state index contributed by atoms with van der Waals surface area (Å²) in [5.74, 6) is 2.57. The number of thiazole rings is 1. The molecule has 0 aliphatic rings. The van der Waals surface area contributed by atoms with Gasteiger partial charge in [0.25, 0.3) is 0 Å². The van der Waals surface area contributed by atoms with Crippen LogP contribution in [0.25, 0.3) is 10.4 Å². The lowest BCUT2D eigenvalue weighted by Gasteiger charge is -2.01. The minimum Gasteiger partial charge on any atom is -0.396 e. The summed E-state index contributed by atoms with van der Waals surface area (Å²) in [6.45, 7) is 0.176. The first kappa shape index (κ1) is 10.9. The molecule has 1 N–H and O–H groups in total. The summed E-state index contributed by atoms with van der Waals surface area (Å²) in [6, 6.07) is 8.04. The van der Waals surface area contributed by atoms with Crippen molar-refractivity contribution in [1.82, 2.24) is 4.98 Å². The molecule has 0 aliphatic heterocycles. The minimum absolute atomic E-state index is 0.176. The number of nitrogens with zero attached hydrogens (tertiary/aromatic N) is 1. The van der Waals surface area contributed by atoms with Gasteiger partial charge in [0, 0.05) is 6.61 Å². The van der Waals surface area contributed by atoms with Crippen LogP contribution in [0.5, 0.6) is 0 Å². The van der Waals surface area contributed by atoms with Crippen molar-refractivity contribution in [1.29, 1.82) is 0 Å². The maximum absolute atomic E-state index is 8.82. The zero-order valence-corrected chi connectivity index (χ0v) is 9.50. The third-order valence-electron chi connectivity index (χ3n) is 2.32. The molecule has 0 saturated carbocycles. The normalized spacial score (nSPS) is 10.0. The highest BCUT2D eigenvalue weighted by atomic mass is 32.1. The van der Waals surface area contributed by atoms with E-state index in [4.69, 9.17) is 11.5 Å². The van der Waals surface area contributed by atoms with Gasteiger partial charge in [0.2, 0.25) is 0 Å². The van der Waals surface area contributed by atoms with E-state index in [-0.39, 0.29) is 6.61 Å². The molecule has 0 atom stereocenters. The molecule has 2 aromatic rings. The molecule has 0 spiro atoms. The monoisotopic (exact) mass is 229 g/mol.